The Labute approximate surface area is 88.7 Å². The highest BCUT2D eigenvalue weighted by molar-refractivity contribution is 5.66. The molecule has 2 rings (SSSR count). The van der Waals surface area contributed by atoms with E-state index < -0.39 is 5.97 Å². The number of aliphatic carboxylic acids is 1. The Morgan fingerprint density at radius 3 is 2.93 bits per heavy atom. The highest BCUT2D eigenvalue weighted by Crippen LogP contribution is 2.21. The molecule has 0 aromatic heterocycles. The van der Waals surface area contributed by atoms with Crippen molar-refractivity contribution < 1.29 is 14.6 Å². The van der Waals surface area contributed by atoms with Crippen LogP contribution >= 0.6 is 0 Å². The van der Waals surface area contributed by atoms with Crippen LogP contribution in [-0.2, 0) is 29.2 Å². The number of hydrogen-bond donors (Lipinski definition) is 1. The first kappa shape index (κ1) is 10.2. The second-order valence-electron chi connectivity index (χ2n) is 3.84. The van der Waals surface area contributed by atoms with Gasteiger partial charge in [-0.1, -0.05) is 18.2 Å². The lowest BCUT2D eigenvalue weighted by molar-refractivity contribution is -0.137. The second kappa shape index (κ2) is 4.45. The Hall–Kier alpha value is -1.35. The summed E-state index contributed by atoms with van der Waals surface area (Å²) in [4.78, 5) is 10.4. The average Bonchev–Trinajstić information content (AvgIpc) is 2.64. The molecule has 0 aliphatic carbocycles. The Morgan fingerprint density at radius 1 is 1.33 bits per heavy atom. The molecule has 80 valence electrons. The van der Waals surface area contributed by atoms with Gasteiger partial charge >= 0.3 is 5.97 Å². The number of carboxylic acids is 1. The molecular formula is C12H14O3. The summed E-state index contributed by atoms with van der Waals surface area (Å²) in [5.74, 6) is -0.723. The third kappa shape index (κ3) is 2.57. The quantitative estimate of drug-likeness (QED) is 0.820. The number of rotatable bonds is 4. The first-order chi connectivity index (χ1) is 7.25. The molecule has 0 saturated carbocycles. The topological polar surface area (TPSA) is 46.5 Å². The monoisotopic (exact) mass is 206 g/mol. The van der Waals surface area contributed by atoms with Gasteiger partial charge in [-0.25, -0.2) is 0 Å². The van der Waals surface area contributed by atoms with E-state index >= 15 is 0 Å². The van der Waals surface area contributed by atoms with Crippen molar-refractivity contribution in [2.24, 2.45) is 0 Å². The molecule has 3 nitrogen and oxygen atoms in total. The lowest BCUT2D eigenvalue weighted by Gasteiger charge is -2.02. The maximum absolute atomic E-state index is 10.4. The van der Waals surface area contributed by atoms with Crippen LogP contribution in [0.15, 0.2) is 18.2 Å². The van der Waals surface area contributed by atoms with Gasteiger partial charge in [0, 0.05) is 6.42 Å². The zero-order chi connectivity index (χ0) is 10.7. The van der Waals surface area contributed by atoms with Crippen molar-refractivity contribution in [1.29, 1.82) is 0 Å². The van der Waals surface area contributed by atoms with Crippen LogP contribution in [-0.4, -0.2) is 11.1 Å². The fourth-order valence-corrected chi connectivity index (χ4v) is 1.82. The van der Waals surface area contributed by atoms with Crippen molar-refractivity contribution in [3.63, 3.8) is 0 Å². The predicted molar refractivity (Wildman–Crippen MR) is 55.5 cm³/mol. The van der Waals surface area contributed by atoms with Crippen molar-refractivity contribution in [3.8, 4) is 0 Å². The lowest BCUT2D eigenvalue weighted by Crippen LogP contribution is -1.96. The van der Waals surface area contributed by atoms with Gasteiger partial charge in [0.05, 0.1) is 13.2 Å². The van der Waals surface area contributed by atoms with E-state index in [1.165, 1.54) is 16.7 Å². The zero-order valence-corrected chi connectivity index (χ0v) is 8.53. The molecule has 0 amide bonds. The van der Waals surface area contributed by atoms with E-state index in [0.717, 1.165) is 6.42 Å². The standard InChI is InChI=1S/C12H14O3/c13-12(14)3-1-2-9-4-5-10-7-15-8-11(10)6-9/h4-6H,1-3,7-8H2,(H,13,14). The molecule has 0 fully saturated rings. The zero-order valence-electron chi connectivity index (χ0n) is 8.53. The molecule has 15 heavy (non-hydrogen) atoms. The fourth-order valence-electron chi connectivity index (χ4n) is 1.82. The average molecular weight is 206 g/mol. The van der Waals surface area contributed by atoms with Gasteiger partial charge in [0.2, 0.25) is 0 Å². The van der Waals surface area contributed by atoms with Crippen molar-refractivity contribution in [1.82, 2.24) is 0 Å². The Morgan fingerprint density at radius 2 is 2.13 bits per heavy atom. The van der Waals surface area contributed by atoms with Gasteiger partial charge in [-0.05, 0) is 29.5 Å². The van der Waals surface area contributed by atoms with Crippen molar-refractivity contribution in [2.45, 2.75) is 32.5 Å². The van der Waals surface area contributed by atoms with E-state index in [0.29, 0.717) is 19.6 Å². The van der Waals surface area contributed by atoms with Crippen LogP contribution < -0.4 is 0 Å². The van der Waals surface area contributed by atoms with Crippen molar-refractivity contribution in [3.05, 3.63) is 34.9 Å². The van der Waals surface area contributed by atoms with Crippen molar-refractivity contribution in [2.75, 3.05) is 0 Å². The Balaban J connectivity index is 1.95. The number of benzene rings is 1. The maximum Gasteiger partial charge on any atom is 0.303 e. The molecule has 1 aromatic carbocycles. The Kier molecular flexibility index (Phi) is 3.02. The molecule has 1 N–H and O–H groups in total. The van der Waals surface area contributed by atoms with Crippen LogP contribution in [0.4, 0.5) is 0 Å². The number of ether oxygens (including phenoxy) is 1. The SMILES string of the molecule is O=C(O)CCCc1ccc2c(c1)COC2. The van der Waals surface area contributed by atoms with Crippen molar-refractivity contribution >= 4 is 5.97 Å². The second-order valence-corrected chi connectivity index (χ2v) is 3.84. The van der Waals surface area contributed by atoms with Crippen LogP contribution in [0.2, 0.25) is 0 Å². The number of carboxylic acid groups (broad SMARTS) is 1. The first-order valence-electron chi connectivity index (χ1n) is 5.16. The molecule has 0 radical (unpaired) electrons. The van der Waals surface area contributed by atoms with Crippen LogP contribution in [0.1, 0.15) is 29.5 Å². The van der Waals surface area contributed by atoms with Gasteiger partial charge < -0.3 is 9.84 Å². The molecular weight excluding hydrogens is 192 g/mol. The third-order valence-electron chi connectivity index (χ3n) is 2.64. The third-order valence-corrected chi connectivity index (χ3v) is 2.64. The molecule has 0 saturated heterocycles. The minimum absolute atomic E-state index is 0.244. The minimum Gasteiger partial charge on any atom is -0.481 e. The summed E-state index contributed by atoms with van der Waals surface area (Å²) in [6.07, 6.45) is 1.78. The lowest BCUT2D eigenvalue weighted by atomic mass is 10.0. The molecule has 3 heteroatoms. The van der Waals surface area contributed by atoms with Gasteiger partial charge in [-0.15, -0.1) is 0 Å². The highest BCUT2D eigenvalue weighted by Gasteiger charge is 2.10. The molecule has 0 spiro atoms. The number of hydrogen-bond acceptors (Lipinski definition) is 2. The molecule has 0 atom stereocenters. The summed E-state index contributed by atoms with van der Waals surface area (Å²) in [7, 11) is 0. The molecule has 0 unspecified atom stereocenters. The molecule has 0 bridgehead atoms. The molecule has 1 aromatic rings. The van der Waals surface area contributed by atoms with Crippen LogP contribution in [0.5, 0.6) is 0 Å². The largest absolute Gasteiger partial charge is 0.481 e. The van der Waals surface area contributed by atoms with Gasteiger partial charge in [0.1, 0.15) is 0 Å². The molecule has 1 heterocycles. The summed E-state index contributed by atoms with van der Waals surface area (Å²) < 4.78 is 5.32. The van der Waals surface area contributed by atoms with E-state index in [1.807, 2.05) is 0 Å². The van der Waals surface area contributed by atoms with Gasteiger partial charge in [-0.2, -0.15) is 0 Å². The van der Waals surface area contributed by atoms with Crippen LogP contribution in [0.3, 0.4) is 0 Å². The van der Waals surface area contributed by atoms with E-state index in [-0.39, 0.29) is 6.42 Å². The summed E-state index contributed by atoms with van der Waals surface area (Å²) in [5, 5.41) is 8.53. The normalized spacial score (nSPS) is 13.9. The molecule has 1 aliphatic heterocycles. The summed E-state index contributed by atoms with van der Waals surface area (Å²) in [6, 6.07) is 6.28. The minimum atomic E-state index is -0.723. The number of fused-ring (bicyclic) bond motifs is 1. The van der Waals surface area contributed by atoms with E-state index in [1.54, 1.807) is 0 Å². The smallest absolute Gasteiger partial charge is 0.303 e. The number of aryl methyl sites for hydroxylation is 1. The summed E-state index contributed by atoms with van der Waals surface area (Å²) >= 11 is 0. The van der Waals surface area contributed by atoms with E-state index in [2.05, 4.69) is 18.2 Å². The summed E-state index contributed by atoms with van der Waals surface area (Å²) in [6.45, 7) is 1.41. The Bertz CT molecular complexity index is 371. The van der Waals surface area contributed by atoms with E-state index in [9.17, 15) is 4.79 Å². The van der Waals surface area contributed by atoms with Crippen LogP contribution in [0.25, 0.3) is 0 Å². The maximum atomic E-state index is 10.4. The number of carbonyl (C=O) groups is 1. The first-order valence-corrected chi connectivity index (χ1v) is 5.16. The summed E-state index contributed by atoms with van der Waals surface area (Å²) in [5.41, 5.74) is 3.72. The predicted octanol–water partition coefficient (Wildman–Crippen LogP) is 2.12. The van der Waals surface area contributed by atoms with Gasteiger partial charge in [0.15, 0.2) is 0 Å². The van der Waals surface area contributed by atoms with Gasteiger partial charge in [0.25, 0.3) is 0 Å². The molecule has 1 aliphatic rings. The fraction of sp³-hybridized carbons (Fsp3) is 0.417. The van der Waals surface area contributed by atoms with E-state index in [4.69, 9.17) is 9.84 Å². The highest BCUT2D eigenvalue weighted by atomic mass is 16.5. The van der Waals surface area contributed by atoms with Gasteiger partial charge in [-0.3, -0.25) is 4.79 Å². The van der Waals surface area contributed by atoms with Crippen LogP contribution in [0, 0.1) is 0 Å².